The van der Waals surface area contributed by atoms with Gasteiger partial charge in [0.25, 0.3) is 0 Å². The molecule has 2 heterocycles. The second-order valence-corrected chi connectivity index (χ2v) is 5.56. The maximum Gasteiger partial charge on any atom is 0.169 e. The molecule has 0 radical (unpaired) electrons. The monoisotopic (exact) mass is 313 g/mol. The third-order valence-corrected chi connectivity index (χ3v) is 3.99. The van der Waals surface area contributed by atoms with Gasteiger partial charge in [-0.1, -0.05) is 6.92 Å². The first kappa shape index (κ1) is 12.9. The fourth-order valence-corrected chi connectivity index (χ4v) is 3.00. The van der Waals surface area contributed by atoms with E-state index in [1.54, 1.807) is 11.3 Å². The zero-order chi connectivity index (χ0) is 12.3. The Bertz CT molecular complexity index is 477. The number of aryl methyl sites for hydroxylation is 1. The van der Waals surface area contributed by atoms with Gasteiger partial charge in [-0.15, -0.1) is 0 Å². The van der Waals surface area contributed by atoms with Gasteiger partial charge in [0.2, 0.25) is 0 Å². The van der Waals surface area contributed by atoms with E-state index in [9.17, 15) is 0 Å². The summed E-state index contributed by atoms with van der Waals surface area (Å²) in [4.78, 5) is 0. The Labute approximate surface area is 114 Å². The molecule has 2 rings (SSSR count). The molecule has 0 aliphatic rings. The number of hydrogen-bond donors (Lipinski definition) is 1. The largest absolute Gasteiger partial charge is 0.452 e. The van der Waals surface area contributed by atoms with Gasteiger partial charge in [0.1, 0.15) is 5.76 Å². The van der Waals surface area contributed by atoms with Crippen molar-refractivity contribution in [2.45, 2.75) is 26.3 Å². The van der Waals surface area contributed by atoms with E-state index >= 15 is 0 Å². The topological polar surface area (TPSA) is 25.2 Å². The van der Waals surface area contributed by atoms with Gasteiger partial charge < -0.3 is 9.73 Å². The Hall–Kier alpha value is -0.580. The van der Waals surface area contributed by atoms with Crippen LogP contribution in [0.4, 0.5) is 0 Å². The summed E-state index contributed by atoms with van der Waals surface area (Å²) in [6, 6.07) is 4.12. The predicted molar refractivity (Wildman–Crippen MR) is 75.6 cm³/mol. The van der Waals surface area contributed by atoms with Gasteiger partial charge in [-0.25, -0.2) is 0 Å². The maximum absolute atomic E-state index is 5.68. The molecule has 0 aliphatic carbocycles. The van der Waals surface area contributed by atoms with Crippen molar-refractivity contribution in [3.8, 4) is 0 Å². The van der Waals surface area contributed by atoms with Crippen LogP contribution in [-0.4, -0.2) is 6.54 Å². The van der Waals surface area contributed by atoms with Crippen LogP contribution in [0.3, 0.4) is 0 Å². The van der Waals surface area contributed by atoms with Gasteiger partial charge in [0.15, 0.2) is 4.67 Å². The summed E-state index contributed by atoms with van der Waals surface area (Å²) in [7, 11) is 0. The number of furan rings is 1. The van der Waals surface area contributed by atoms with Crippen LogP contribution in [0, 0.1) is 6.92 Å². The highest BCUT2D eigenvalue weighted by atomic mass is 79.9. The summed E-state index contributed by atoms with van der Waals surface area (Å²) in [5, 5.41) is 7.90. The van der Waals surface area contributed by atoms with Crippen molar-refractivity contribution in [2.75, 3.05) is 6.54 Å². The molecule has 17 heavy (non-hydrogen) atoms. The summed E-state index contributed by atoms with van der Waals surface area (Å²) >= 11 is 5.09. The maximum atomic E-state index is 5.68. The van der Waals surface area contributed by atoms with Crippen molar-refractivity contribution in [3.05, 3.63) is 44.4 Å². The van der Waals surface area contributed by atoms with Crippen LogP contribution < -0.4 is 5.32 Å². The van der Waals surface area contributed by atoms with E-state index in [0.29, 0.717) is 0 Å². The molecule has 0 spiro atoms. The fraction of sp³-hybridized carbons (Fsp3) is 0.385. The Morgan fingerprint density at radius 2 is 2.24 bits per heavy atom. The number of halogens is 1. The first-order chi connectivity index (χ1) is 8.22. The van der Waals surface area contributed by atoms with Gasteiger partial charge >= 0.3 is 0 Å². The molecule has 0 saturated carbocycles. The molecule has 2 aromatic heterocycles. The van der Waals surface area contributed by atoms with Crippen molar-refractivity contribution >= 4 is 27.3 Å². The molecule has 1 atom stereocenters. The lowest BCUT2D eigenvalue weighted by molar-refractivity contribution is 0.432. The Morgan fingerprint density at radius 1 is 1.41 bits per heavy atom. The van der Waals surface area contributed by atoms with Crippen molar-refractivity contribution < 1.29 is 4.42 Å². The minimum atomic E-state index is 0.160. The normalized spacial score (nSPS) is 12.9. The second kappa shape index (κ2) is 5.85. The van der Waals surface area contributed by atoms with E-state index in [2.05, 4.69) is 45.9 Å². The van der Waals surface area contributed by atoms with Crippen LogP contribution in [0.5, 0.6) is 0 Å². The van der Waals surface area contributed by atoms with Gasteiger partial charge in [-0.05, 0) is 69.8 Å². The first-order valence-electron chi connectivity index (χ1n) is 5.73. The minimum absolute atomic E-state index is 0.160. The zero-order valence-electron chi connectivity index (χ0n) is 10.00. The summed E-state index contributed by atoms with van der Waals surface area (Å²) in [5.41, 5.74) is 2.63. The van der Waals surface area contributed by atoms with Gasteiger partial charge in [0, 0.05) is 0 Å². The smallest absolute Gasteiger partial charge is 0.169 e. The molecule has 0 aliphatic heterocycles. The Kier molecular flexibility index (Phi) is 4.42. The van der Waals surface area contributed by atoms with Gasteiger partial charge in [-0.2, -0.15) is 11.3 Å². The Balaban J connectivity index is 2.28. The van der Waals surface area contributed by atoms with Crippen LogP contribution in [0.25, 0.3) is 0 Å². The lowest BCUT2D eigenvalue weighted by Crippen LogP contribution is -2.22. The number of thiophene rings is 1. The quantitative estimate of drug-likeness (QED) is 0.879. The molecular weight excluding hydrogens is 298 g/mol. The summed E-state index contributed by atoms with van der Waals surface area (Å²) in [6.07, 6.45) is 1.11. The lowest BCUT2D eigenvalue weighted by Gasteiger charge is -2.16. The third-order valence-electron chi connectivity index (χ3n) is 2.68. The standard InChI is InChI=1S/C13H16BrNOS/c1-3-6-15-13(10-8-17-7-9(10)2)11-4-5-12(14)16-11/h4-5,7-8,13,15H,3,6H2,1-2H3. The van der Waals surface area contributed by atoms with E-state index in [0.717, 1.165) is 23.4 Å². The minimum Gasteiger partial charge on any atom is -0.452 e. The van der Waals surface area contributed by atoms with Crippen molar-refractivity contribution in [3.63, 3.8) is 0 Å². The lowest BCUT2D eigenvalue weighted by atomic mass is 10.0. The molecule has 2 nitrogen and oxygen atoms in total. The van der Waals surface area contributed by atoms with Crippen molar-refractivity contribution in [1.29, 1.82) is 0 Å². The van der Waals surface area contributed by atoms with Crippen LogP contribution in [0.2, 0.25) is 0 Å². The third kappa shape index (κ3) is 3.00. The van der Waals surface area contributed by atoms with Gasteiger partial charge in [-0.3, -0.25) is 0 Å². The van der Waals surface area contributed by atoms with Crippen LogP contribution in [-0.2, 0) is 0 Å². The summed E-state index contributed by atoms with van der Waals surface area (Å²) in [6.45, 7) is 5.30. The molecule has 0 bridgehead atoms. The molecule has 0 saturated heterocycles. The highest BCUT2D eigenvalue weighted by Gasteiger charge is 2.19. The fourth-order valence-electron chi connectivity index (χ4n) is 1.80. The molecule has 1 N–H and O–H groups in total. The molecular formula is C13H16BrNOS. The van der Waals surface area contributed by atoms with Crippen molar-refractivity contribution in [1.82, 2.24) is 5.32 Å². The molecule has 0 aromatic carbocycles. The summed E-state index contributed by atoms with van der Waals surface area (Å²) in [5.74, 6) is 0.965. The van der Waals surface area contributed by atoms with E-state index in [1.165, 1.54) is 11.1 Å². The predicted octanol–water partition coefficient (Wildman–Crippen LogP) is 4.50. The highest BCUT2D eigenvalue weighted by Crippen LogP contribution is 2.30. The highest BCUT2D eigenvalue weighted by molar-refractivity contribution is 9.10. The number of nitrogens with one attached hydrogen (secondary N) is 1. The zero-order valence-corrected chi connectivity index (χ0v) is 12.4. The molecule has 4 heteroatoms. The second-order valence-electron chi connectivity index (χ2n) is 4.04. The molecule has 0 amide bonds. The van der Waals surface area contributed by atoms with Crippen molar-refractivity contribution in [2.24, 2.45) is 0 Å². The molecule has 2 aromatic rings. The molecule has 0 fully saturated rings. The summed E-state index contributed by atoms with van der Waals surface area (Å²) < 4.78 is 6.46. The van der Waals surface area contributed by atoms with Crippen LogP contribution >= 0.6 is 27.3 Å². The number of hydrogen-bond acceptors (Lipinski definition) is 3. The SMILES string of the molecule is CCCNC(c1ccc(Br)o1)c1cscc1C. The van der Waals surface area contributed by atoms with E-state index in [-0.39, 0.29) is 6.04 Å². The molecule has 92 valence electrons. The average molecular weight is 314 g/mol. The Morgan fingerprint density at radius 3 is 2.76 bits per heavy atom. The van der Waals surface area contributed by atoms with E-state index in [4.69, 9.17) is 4.42 Å². The first-order valence-corrected chi connectivity index (χ1v) is 7.47. The number of rotatable bonds is 5. The van der Waals surface area contributed by atoms with Gasteiger partial charge in [0.05, 0.1) is 6.04 Å². The average Bonchev–Trinajstić information content (AvgIpc) is 2.90. The molecule has 1 unspecified atom stereocenters. The van der Waals surface area contributed by atoms with E-state index in [1.807, 2.05) is 12.1 Å². The van der Waals surface area contributed by atoms with Crippen LogP contribution in [0.1, 0.15) is 36.3 Å². The van der Waals surface area contributed by atoms with E-state index < -0.39 is 0 Å². The van der Waals surface area contributed by atoms with Crippen LogP contribution in [0.15, 0.2) is 32.0 Å².